The summed E-state index contributed by atoms with van der Waals surface area (Å²) in [5.41, 5.74) is 5.63. The van der Waals surface area contributed by atoms with Crippen molar-refractivity contribution < 1.29 is 9.84 Å². The molecule has 0 aromatic carbocycles. The van der Waals surface area contributed by atoms with Gasteiger partial charge in [-0.1, -0.05) is 0 Å². The lowest BCUT2D eigenvalue weighted by Crippen LogP contribution is -2.39. The second-order valence-electron chi connectivity index (χ2n) is 3.20. The van der Waals surface area contributed by atoms with Crippen molar-refractivity contribution in [1.29, 1.82) is 0 Å². The zero-order valence-corrected chi connectivity index (χ0v) is 9.77. The van der Waals surface area contributed by atoms with E-state index in [2.05, 4.69) is 20.3 Å². The van der Waals surface area contributed by atoms with Crippen LogP contribution in [0.25, 0.3) is 0 Å². The minimum Gasteiger partial charge on any atom is -0.467 e. The van der Waals surface area contributed by atoms with E-state index in [9.17, 15) is 5.11 Å². The zero-order valence-electron chi connectivity index (χ0n) is 9.01. The molecule has 90 valence electrons. The Kier molecular flexibility index (Phi) is 4.66. The molecule has 0 aliphatic heterocycles. The van der Waals surface area contributed by atoms with Gasteiger partial charge >= 0.3 is 6.01 Å². The third-order valence-corrected chi connectivity index (χ3v) is 2.05. The Balaban J connectivity index is 2.63. The first-order chi connectivity index (χ1) is 7.52. The largest absolute Gasteiger partial charge is 0.467 e. The van der Waals surface area contributed by atoms with E-state index in [0.717, 1.165) is 0 Å². The van der Waals surface area contributed by atoms with E-state index in [0.29, 0.717) is 6.54 Å². The first-order valence-corrected chi connectivity index (χ1v) is 5.03. The number of aliphatic hydroxyl groups is 1. The van der Waals surface area contributed by atoms with Crippen molar-refractivity contribution in [3.05, 3.63) is 5.28 Å². The molecule has 1 rings (SSSR count). The standard InChI is InChI=1S/C8H14ClN5O2/c1-4(15)5(10)3-11-7-12-6(9)13-8(14-7)16-2/h4-5,15H,3,10H2,1-2H3,(H,11,12,13,14). The van der Waals surface area contributed by atoms with Crippen LogP contribution >= 0.6 is 11.6 Å². The highest BCUT2D eigenvalue weighted by Gasteiger charge is 2.10. The number of methoxy groups -OCH3 is 1. The molecule has 16 heavy (non-hydrogen) atoms. The van der Waals surface area contributed by atoms with Crippen molar-refractivity contribution in [3.8, 4) is 6.01 Å². The molecule has 1 aromatic heterocycles. The average molecular weight is 248 g/mol. The molecule has 1 aromatic rings. The van der Waals surface area contributed by atoms with Crippen LogP contribution in [0.4, 0.5) is 5.95 Å². The molecule has 4 N–H and O–H groups in total. The molecular formula is C8H14ClN5O2. The molecule has 0 radical (unpaired) electrons. The van der Waals surface area contributed by atoms with Gasteiger partial charge in [-0.3, -0.25) is 0 Å². The van der Waals surface area contributed by atoms with E-state index in [1.54, 1.807) is 6.92 Å². The highest BCUT2D eigenvalue weighted by molar-refractivity contribution is 6.28. The SMILES string of the molecule is COc1nc(Cl)nc(NCC(N)C(C)O)n1. The van der Waals surface area contributed by atoms with Gasteiger partial charge < -0.3 is 20.9 Å². The fourth-order valence-electron chi connectivity index (χ4n) is 0.882. The summed E-state index contributed by atoms with van der Waals surface area (Å²) < 4.78 is 4.82. The summed E-state index contributed by atoms with van der Waals surface area (Å²) in [6.45, 7) is 1.93. The summed E-state index contributed by atoms with van der Waals surface area (Å²) in [7, 11) is 1.43. The Labute approximate surface area is 98.0 Å². The van der Waals surface area contributed by atoms with Gasteiger partial charge in [0, 0.05) is 12.6 Å². The minimum absolute atomic E-state index is 0.0277. The number of aromatic nitrogens is 3. The molecular weight excluding hydrogens is 234 g/mol. The van der Waals surface area contributed by atoms with Crippen molar-refractivity contribution in [3.63, 3.8) is 0 Å². The molecule has 0 spiro atoms. The Morgan fingerprint density at radius 3 is 2.75 bits per heavy atom. The number of nitrogens with two attached hydrogens (primary N) is 1. The third-order valence-electron chi connectivity index (χ3n) is 1.89. The topological polar surface area (TPSA) is 106 Å². The third kappa shape index (κ3) is 3.76. The maximum atomic E-state index is 9.19. The first-order valence-electron chi connectivity index (χ1n) is 4.66. The zero-order chi connectivity index (χ0) is 12.1. The molecule has 8 heteroatoms. The summed E-state index contributed by atoms with van der Waals surface area (Å²) in [6, 6.07) is -0.297. The van der Waals surface area contributed by atoms with E-state index >= 15 is 0 Å². The van der Waals surface area contributed by atoms with Crippen LogP contribution in [0.1, 0.15) is 6.92 Å². The molecule has 2 unspecified atom stereocenters. The van der Waals surface area contributed by atoms with Gasteiger partial charge in [0.05, 0.1) is 13.2 Å². The highest BCUT2D eigenvalue weighted by atomic mass is 35.5. The second-order valence-corrected chi connectivity index (χ2v) is 3.54. The van der Waals surface area contributed by atoms with Gasteiger partial charge in [0.2, 0.25) is 11.2 Å². The Morgan fingerprint density at radius 1 is 1.50 bits per heavy atom. The Hall–Kier alpha value is -1.18. The van der Waals surface area contributed by atoms with Crippen molar-refractivity contribution in [1.82, 2.24) is 15.0 Å². The van der Waals surface area contributed by atoms with Gasteiger partial charge in [-0.2, -0.15) is 15.0 Å². The van der Waals surface area contributed by atoms with Gasteiger partial charge in [-0.15, -0.1) is 0 Å². The van der Waals surface area contributed by atoms with Gasteiger partial charge in [0.15, 0.2) is 0 Å². The fraction of sp³-hybridized carbons (Fsp3) is 0.625. The maximum Gasteiger partial charge on any atom is 0.322 e. The van der Waals surface area contributed by atoms with Gasteiger partial charge in [-0.25, -0.2) is 0 Å². The smallest absolute Gasteiger partial charge is 0.322 e. The summed E-state index contributed by atoms with van der Waals surface area (Å²) in [6.07, 6.45) is -0.619. The maximum absolute atomic E-state index is 9.19. The van der Waals surface area contributed by atoms with Gasteiger partial charge in [-0.05, 0) is 18.5 Å². The van der Waals surface area contributed by atoms with Crippen molar-refractivity contribution in [2.75, 3.05) is 19.0 Å². The number of halogens is 1. The summed E-state index contributed by atoms with van der Waals surface area (Å²) in [5, 5.41) is 12.0. The lowest BCUT2D eigenvalue weighted by Gasteiger charge is -2.15. The van der Waals surface area contributed by atoms with Crippen LogP contribution in [0.5, 0.6) is 6.01 Å². The number of aliphatic hydroxyl groups excluding tert-OH is 1. The van der Waals surface area contributed by atoms with E-state index in [1.165, 1.54) is 7.11 Å². The number of nitrogens with one attached hydrogen (secondary N) is 1. The van der Waals surface area contributed by atoms with Crippen molar-refractivity contribution in [2.45, 2.75) is 19.1 Å². The van der Waals surface area contributed by atoms with Crippen molar-refractivity contribution in [2.24, 2.45) is 5.73 Å². The van der Waals surface area contributed by atoms with Crippen LogP contribution in [-0.4, -0.2) is 45.9 Å². The van der Waals surface area contributed by atoms with Crippen LogP contribution in [0, 0.1) is 0 Å². The number of nitrogens with zero attached hydrogens (tertiary/aromatic N) is 3. The van der Waals surface area contributed by atoms with Crippen LogP contribution in [0.15, 0.2) is 0 Å². The molecule has 0 saturated heterocycles. The second kappa shape index (κ2) is 5.78. The summed E-state index contributed by atoms with van der Waals surface area (Å²) in [4.78, 5) is 11.4. The minimum atomic E-state index is -0.619. The Bertz CT molecular complexity index is 349. The monoisotopic (exact) mass is 247 g/mol. The lowest BCUT2D eigenvalue weighted by atomic mass is 10.2. The van der Waals surface area contributed by atoms with Crippen molar-refractivity contribution >= 4 is 17.5 Å². The summed E-state index contributed by atoms with van der Waals surface area (Å²) >= 11 is 5.64. The molecule has 1 heterocycles. The fourth-order valence-corrected chi connectivity index (χ4v) is 1.03. The predicted molar refractivity (Wildman–Crippen MR) is 59.5 cm³/mol. The van der Waals surface area contributed by atoms with Gasteiger partial charge in [0.25, 0.3) is 0 Å². The van der Waals surface area contributed by atoms with Gasteiger partial charge in [0.1, 0.15) is 0 Å². The van der Waals surface area contributed by atoms with E-state index in [1.807, 2.05) is 0 Å². The number of anilines is 1. The quantitative estimate of drug-likeness (QED) is 0.653. The molecule has 7 nitrogen and oxygen atoms in total. The molecule has 0 fully saturated rings. The molecule has 0 saturated carbocycles. The number of hydrogen-bond donors (Lipinski definition) is 3. The molecule has 0 aliphatic rings. The van der Waals surface area contributed by atoms with E-state index in [-0.39, 0.29) is 17.2 Å². The van der Waals surface area contributed by atoms with Crippen LogP contribution < -0.4 is 15.8 Å². The number of ether oxygens (including phenoxy) is 1. The molecule has 0 amide bonds. The van der Waals surface area contributed by atoms with Crippen LogP contribution in [0.3, 0.4) is 0 Å². The normalized spacial score (nSPS) is 14.3. The molecule has 0 aliphatic carbocycles. The number of rotatable bonds is 5. The lowest BCUT2D eigenvalue weighted by molar-refractivity contribution is 0.168. The van der Waals surface area contributed by atoms with E-state index in [4.69, 9.17) is 22.1 Å². The molecule has 2 atom stereocenters. The number of hydrogen-bond acceptors (Lipinski definition) is 7. The van der Waals surface area contributed by atoms with Crippen LogP contribution in [0.2, 0.25) is 5.28 Å². The summed E-state index contributed by atoms with van der Waals surface area (Å²) in [5.74, 6) is 0.257. The van der Waals surface area contributed by atoms with Crippen LogP contribution in [-0.2, 0) is 0 Å². The highest BCUT2D eigenvalue weighted by Crippen LogP contribution is 2.10. The Morgan fingerprint density at radius 2 is 2.19 bits per heavy atom. The van der Waals surface area contributed by atoms with E-state index < -0.39 is 12.1 Å². The first kappa shape index (κ1) is 12.9. The molecule has 0 bridgehead atoms. The predicted octanol–water partition coefficient (Wildman–Crippen LogP) is -0.346. The average Bonchev–Trinajstić information content (AvgIpc) is 2.24.